The Bertz CT molecular complexity index is 685. The van der Waals surface area contributed by atoms with E-state index < -0.39 is 5.51 Å². The molecule has 0 bridgehead atoms. The van der Waals surface area contributed by atoms with Gasteiger partial charge in [-0.15, -0.1) is 11.6 Å². The molecule has 204 valence electrons. The fourth-order valence-corrected chi connectivity index (χ4v) is 7.25. The summed E-state index contributed by atoms with van der Waals surface area (Å²) in [4.78, 5) is 2.66. The first-order valence-electron chi connectivity index (χ1n) is 13.7. The Morgan fingerprint density at radius 2 is 1.86 bits per heavy atom. The van der Waals surface area contributed by atoms with Gasteiger partial charge in [0.25, 0.3) is 0 Å². The molecule has 0 amide bonds. The van der Waals surface area contributed by atoms with Gasteiger partial charge in [0, 0.05) is 43.0 Å². The monoisotopic (exact) mass is 537 g/mol. The number of rotatable bonds is 10. The number of hydrogen-bond acceptors (Lipinski definition) is 4. The van der Waals surface area contributed by atoms with E-state index >= 15 is 0 Å². The number of allylic oxidation sites excluding steroid dienone is 2. The third kappa shape index (κ3) is 9.70. The zero-order chi connectivity index (χ0) is 25.6. The highest BCUT2D eigenvalue weighted by Gasteiger charge is 2.39. The van der Waals surface area contributed by atoms with E-state index in [1.54, 1.807) is 5.57 Å². The summed E-state index contributed by atoms with van der Waals surface area (Å²) in [7, 11) is 0. The molecular formula is C27H47ClF3N3S. The van der Waals surface area contributed by atoms with Gasteiger partial charge in [0.15, 0.2) is 0 Å². The largest absolute Gasteiger partial charge is 0.456 e. The van der Waals surface area contributed by atoms with Crippen molar-refractivity contribution in [3.8, 4) is 0 Å². The number of nitrogens with zero attached hydrogens (tertiary/aromatic N) is 1. The molecule has 3 unspecified atom stereocenters. The van der Waals surface area contributed by atoms with Crippen LogP contribution in [0.1, 0.15) is 79.1 Å². The minimum Gasteiger partial charge on any atom is -0.312 e. The summed E-state index contributed by atoms with van der Waals surface area (Å²) in [6.45, 7) is 14.2. The fraction of sp³-hybridized carbons (Fsp3) is 0.926. The molecule has 2 N–H and O–H groups in total. The van der Waals surface area contributed by atoms with E-state index in [-0.39, 0.29) is 17.4 Å². The number of halogens is 4. The molecule has 3 aliphatic rings. The van der Waals surface area contributed by atoms with E-state index in [1.165, 1.54) is 12.8 Å². The van der Waals surface area contributed by atoms with Gasteiger partial charge in [-0.2, -0.15) is 13.2 Å². The van der Waals surface area contributed by atoms with Gasteiger partial charge in [-0.25, -0.2) is 0 Å². The molecule has 8 heteroatoms. The maximum Gasteiger partial charge on any atom is 0.456 e. The molecule has 1 saturated carbocycles. The lowest BCUT2D eigenvalue weighted by Gasteiger charge is -2.47. The number of nitrogens with one attached hydrogen (secondary N) is 2. The normalized spacial score (nSPS) is 31.4. The molecule has 35 heavy (non-hydrogen) atoms. The van der Waals surface area contributed by atoms with Crippen molar-refractivity contribution in [1.29, 1.82) is 0 Å². The topological polar surface area (TPSA) is 27.3 Å². The Labute approximate surface area is 220 Å². The van der Waals surface area contributed by atoms with Crippen molar-refractivity contribution >= 4 is 23.5 Å². The van der Waals surface area contributed by atoms with E-state index in [2.05, 4.69) is 48.7 Å². The Balaban J connectivity index is 1.45. The van der Waals surface area contributed by atoms with Crippen molar-refractivity contribution in [1.82, 2.24) is 14.9 Å². The van der Waals surface area contributed by atoms with Gasteiger partial charge in [-0.05, 0) is 87.1 Å². The standard InChI is InChI=1S/C27H47ClF3N3S/c1-19(2)25(32-15-20-6-5-7-21(14-20)16-33-35-27(29,30)31)17-34-13-12-24(26(3,4)18-34)22-8-10-23(28)11-9-22/h8,19-21,23-25,32-33H,5-7,9-18H2,1-4H3/t20?,21?,23?,24-,25+/m1/s1. The fourth-order valence-electron chi connectivity index (χ4n) is 6.57. The lowest BCUT2D eigenvalue weighted by molar-refractivity contribution is -0.0336. The van der Waals surface area contributed by atoms with Crippen LogP contribution >= 0.6 is 23.5 Å². The van der Waals surface area contributed by atoms with Crippen LogP contribution in [0.2, 0.25) is 0 Å². The Hall–Kier alpha value is 0.0500. The van der Waals surface area contributed by atoms with Gasteiger partial charge >= 0.3 is 5.51 Å². The van der Waals surface area contributed by atoms with Crippen molar-refractivity contribution in [3.63, 3.8) is 0 Å². The van der Waals surface area contributed by atoms with Crippen LogP contribution in [0.25, 0.3) is 0 Å². The molecule has 1 heterocycles. The average Bonchev–Trinajstić information content (AvgIpc) is 2.76. The summed E-state index contributed by atoms with van der Waals surface area (Å²) in [6, 6.07) is 0.438. The third-order valence-electron chi connectivity index (χ3n) is 8.52. The highest BCUT2D eigenvalue weighted by atomic mass is 35.5. The van der Waals surface area contributed by atoms with E-state index in [4.69, 9.17) is 11.6 Å². The van der Waals surface area contributed by atoms with Gasteiger partial charge < -0.3 is 10.2 Å². The molecule has 0 aromatic heterocycles. The van der Waals surface area contributed by atoms with Gasteiger partial charge in [0.05, 0.1) is 0 Å². The Kier molecular flexibility index (Phi) is 11.2. The first-order valence-corrected chi connectivity index (χ1v) is 14.9. The zero-order valence-corrected chi connectivity index (χ0v) is 23.7. The zero-order valence-electron chi connectivity index (χ0n) is 22.1. The molecular weight excluding hydrogens is 491 g/mol. The molecule has 5 atom stereocenters. The van der Waals surface area contributed by atoms with Gasteiger partial charge in [-0.1, -0.05) is 45.8 Å². The van der Waals surface area contributed by atoms with E-state index in [1.807, 2.05) is 0 Å². The van der Waals surface area contributed by atoms with Crippen LogP contribution in [0.3, 0.4) is 0 Å². The lowest BCUT2D eigenvalue weighted by Crippen LogP contribution is -2.52. The minimum absolute atomic E-state index is 0.102. The second-order valence-corrected chi connectivity index (χ2v) is 13.8. The first kappa shape index (κ1) is 29.6. The second kappa shape index (κ2) is 13.2. The van der Waals surface area contributed by atoms with Crippen LogP contribution in [0, 0.1) is 29.1 Å². The quantitative estimate of drug-likeness (QED) is 0.175. The molecule has 2 aliphatic carbocycles. The molecule has 3 rings (SSSR count). The van der Waals surface area contributed by atoms with Crippen molar-refractivity contribution in [3.05, 3.63) is 11.6 Å². The molecule has 0 radical (unpaired) electrons. The summed E-state index contributed by atoms with van der Waals surface area (Å²) in [5, 5.41) is 4.18. The van der Waals surface area contributed by atoms with E-state index in [0.29, 0.717) is 41.6 Å². The summed E-state index contributed by atoms with van der Waals surface area (Å²) >= 11 is 6.23. The Morgan fingerprint density at radius 3 is 2.46 bits per heavy atom. The molecule has 0 aromatic rings. The summed E-state index contributed by atoms with van der Waals surface area (Å²) in [6.07, 6.45) is 11.3. The van der Waals surface area contributed by atoms with Crippen LogP contribution < -0.4 is 10.0 Å². The average molecular weight is 538 g/mol. The summed E-state index contributed by atoms with van der Waals surface area (Å²) < 4.78 is 39.8. The molecule has 1 aliphatic heterocycles. The highest BCUT2D eigenvalue weighted by molar-refractivity contribution is 7.98. The number of alkyl halides is 4. The van der Waals surface area contributed by atoms with Gasteiger partial charge in [0.2, 0.25) is 0 Å². The predicted molar refractivity (Wildman–Crippen MR) is 144 cm³/mol. The molecule has 0 spiro atoms. The first-order chi connectivity index (χ1) is 16.4. The van der Waals surface area contributed by atoms with Crippen molar-refractivity contribution in [2.24, 2.45) is 29.1 Å². The van der Waals surface area contributed by atoms with Gasteiger partial charge in [0.1, 0.15) is 0 Å². The van der Waals surface area contributed by atoms with E-state index in [0.717, 1.165) is 64.7 Å². The maximum atomic E-state index is 12.4. The van der Waals surface area contributed by atoms with E-state index in [9.17, 15) is 13.2 Å². The highest BCUT2D eigenvalue weighted by Crippen LogP contribution is 2.43. The van der Waals surface area contributed by atoms with Gasteiger partial charge in [-0.3, -0.25) is 4.72 Å². The SMILES string of the molecule is CC(C)[C@H](CN1CC[C@H](C2=CCC(Cl)CC2)C(C)(C)C1)NCC1CCCC(CNSC(F)(F)F)C1. The Morgan fingerprint density at radius 1 is 1.14 bits per heavy atom. The second-order valence-electron chi connectivity index (χ2n) is 12.3. The third-order valence-corrected chi connectivity index (χ3v) is 9.46. The number of likely N-dealkylation sites (tertiary alicyclic amines) is 1. The number of piperidine rings is 1. The maximum absolute atomic E-state index is 12.4. The van der Waals surface area contributed by atoms with Crippen molar-refractivity contribution in [2.75, 3.05) is 32.7 Å². The van der Waals surface area contributed by atoms with Crippen LogP contribution in [-0.4, -0.2) is 54.6 Å². The molecule has 3 nitrogen and oxygen atoms in total. The molecule has 1 saturated heterocycles. The lowest BCUT2D eigenvalue weighted by atomic mass is 9.68. The molecule has 0 aromatic carbocycles. The summed E-state index contributed by atoms with van der Waals surface area (Å²) in [5.74, 6) is 2.10. The predicted octanol–water partition coefficient (Wildman–Crippen LogP) is 7.23. The van der Waals surface area contributed by atoms with Crippen LogP contribution in [0.5, 0.6) is 0 Å². The van der Waals surface area contributed by atoms with Crippen molar-refractivity contribution in [2.45, 2.75) is 96.0 Å². The smallest absolute Gasteiger partial charge is 0.312 e. The van der Waals surface area contributed by atoms with Crippen LogP contribution in [0.15, 0.2) is 11.6 Å². The molecule has 2 fully saturated rings. The minimum atomic E-state index is -4.20. The number of hydrogen-bond donors (Lipinski definition) is 2. The van der Waals surface area contributed by atoms with Crippen LogP contribution in [-0.2, 0) is 0 Å². The van der Waals surface area contributed by atoms with Crippen molar-refractivity contribution < 1.29 is 13.2 Å². The van der Waals surface area contributed by atoms with Crippen LogP contribution in [0.4, 0.5) is 13.2 Å². The summed E-state index contributed by atoms with van der Waals surface area (Å²) in [5.41, 5.74) is -2.30.